The van der Waals surface area contributed by atoms with Gasteiger partial charge in [-0.2, -0.15) is 5.10 Å². The van der Waals surface area contributed by atoms with Crippen LogP contribution < -0.4 is 11.3 Å². The normalized spacial score (nSPS) is 12.8. The van der Waals surface area contributed by atoms with Crippen LogP contribution in [0, 0.1) is 0 Å². The van der Waals surface area contributed by atoms with E-state index in [1.165, 1.54) is 0 Å². The highest BCUT2D eigenvalue weighted by molar-refractivity contribution is 9.10. The first-order valence-corrected chi connectivity index (χ1v) is 7.27. The van der Waals surface area contributed by atoms with E-state index < -0.39 is 0 Å². The summed E-state index contributed by atoms with van der Waals surface area (Å²) in [5.41, 5.74) is 3.90. The minimum Gasteiger partial charge on any atom is -0.382 e. The summed E-state index contributed by atoms with van der Waals surface area (Å²) in [7, 11) is 1.66. The summed E-state index contributed by atoms with van der Waals surface area (Å²) in [4.78, 5) is 0. The van der Waals surface area contributed by atoms with E-state index in [4.69, 9.17) is 15.3 Å². The Morgan fingerprint density at radius 2 is 2.26 bits per heavy atom. The number of hydrazine groups is 1. The van der Waals surface area contributed by atoms with Crippen molar-refractivity contribution < 1.29 is 9.47 Å². The topological polar surface area (TPSA) is 74.3 Å². The van der Waals surface area contributed by atoms with Crippen molar-refractivity contribution in [1.29, 1.82) is 0 Å². The molecule has 0 amide bonds. The zero-order chi connectivity index (χ0) is 14.1. The molecule has 0 radical (unpaired) electrons. The molecule has 0 spiro atoms. The lowest BCUT2D eigenvalue weighted by atomic mass is 10.1. The number of nitrogens with one attached hydrogen (secondary N) is 1. The highest BCUT2D eigenvalue weighted by atomic mass is 79.9. The van der Waals surface area contributed by atoms with Gasteiger partial charge in [-0.15, -0.1) is 0 Å². The summed E-state index contributed by atoms with van der Waals surface area (Å²) < 4.78 is 13.4. The Hall–Kier alpha value is -0.470. The molecule has 0 bridgehead atoms. The highest BCUT2D eigenvalue weighted by Crippen LogP contribution is 2.25. The first-order valence-electron chi connectivity index (χ1n) is 6.48. The molecule has 0 fully saturated rings. The van der Waals surface area contributed by atoms with Crippen LogP contribution in [-0.4, -0.2) is 36.7 Å². The van der Waals surface area contributed by atoms with Crippen molar-refractivity contribution in [3.05, 3.63) is 16.4 Å². The molecule has 1 aromatic heterocycles. The van der Waals surface area contributed by atoms with Gasteiger partial charge in [-0.05, 0) is 28.8 Å². The molecule has 1 heterocycles. The molecule has 1 atom stereocenters. The molecule has 0 aromatic carbocycles. The van der Waals surface area contributed by atoms with E-state index in [0.29, 0.717) is 19.8 Å². The molecule has 3 N–H and O–H groups in total. The van der Waals surface area contributed by atoms with Crippen molar-refractivity contribution in [3.63, 3.8) is 0 Å². The number of hydrogen-bond acceptors (Lipinski definition) is 5. The van der Waals surface area contributed by atoms with Gasteiger partial charge in [0, 0.05) is 20.3 Å². The van der Waals surface area contributed by atoms with Gasteiger partial charge < -0.3 is 9.47 Å². The lowest BCUT2D eigenvalue weighted by Gasteiger charge is -2.18. The monoisotopic (exact) mass is 334 g/mol. The van der Waals surface area contributed by atoms with Crippen molar-refractivity contribution in [2.75, 3.05) is 26.9 Å². The second-order valence-corrected chi connectivity index (χ2v) is 5.07. The number of aromatic nitrogens is 2. The van der Waals surface area contributed by atoms with Crippen LogP contribution in [-0.2, 0) is 16.0 Å². The SMILES string of the molecule is CCCn1ncc(Br)c1C(CCOCCOC)NN. The lowest BCUT2D eigenvalue weighted by Crippen LogP contribution is -2.31. The van der Waals surface area contributed by atoms with Crippen LogP contribution in [0.3, 0.4) is 0 Å². The number of halogens is 1. The lowest BCUT2D eigenvalue weighted by molar-refractivity contribution is 0.0653. The Morgan fingerprint density at radius 1 is 1.47 bits per heavy atom. The van der Waals surface area contributed by atoms with E-state index in [-0.39, 0.29) is 6.04 Å². The molecule has 0 aliphatic carbocycles. The zero-order valence-electron chi connectivity index (χ0n) is 11.6. The summed E-state index contributed by atoms with van der Waals surface area (Å²) in [5, 5.41) is 4.35. The largest absolute Gasteiger partial charge is 0.382 e. The zero-order valence-corrected chi connectivity index (χ0v) is 13.1. The van der Waals surface area contributed by atoms with Crippen LogP contribution in [0.25, 0.3) is 0 Å². The maximum absolute atomic E-state index is 5.65. The van der Waals surface area contributed by atoms with Gasteiger partial charge in [0.15, 0.2) is 0 Å². The van der Waals surface area contributed by atoms with Crippen LogP contribution in [0.5, 0.6) is 0 Å². The van der Waals surface area contributed by atoms with Crippen LogP contribution in [0.15, 0.2) is 10.7 Å². The number of nitrogens with zero attached hydrogens (tertiary/aromatic N) is 2. The molecule has 6 nitrogen and oxygen atoms in total. The summed E-state index contributed by atoms with van der Waals surface area (Å²) in [6.45, 7) is 4.84. The Balaban J connectivity index is 2.56. The minimum atomic E-state index is 0.0194. The predicted octanol–water partition coefficient (Wildman–Crippen LogP) is 1.61. The fourth-order valence-corrected chi connectivity index (χ4v) is 2.43. The van der Waals surface area contributed by atoms with Gasteiger partial charge in [-0.25, -0.2) is 0 Å². The van der Waals surface area contributed by atoms with E-state index >= 15 is 0 Å². The Morgan fingerprint density at radius 3 is 2.89 bits per heavy atom. The molecular weight excluding hydrogens is 312 g/mol. The van der Waals surface area contributed by atoms with E-state index in [2.05, 4.69) is 33.4 Å². The van der Waals surface area contributed by atoms with Gasteiger partial charge in [-0.1, -0.05) is 6.92 Å². The second-order valence-electron chi connectivity index (χ2n) is 4.21. The summed E-state index contributed by atoms with van der Waals surface area (Å²) in [6, 6.07) is 0.0194. The van der Waals surface area contributed by atoms with Crippen LogP contribution in [0.2, 0.25) is 0 Å². The summed E-state index contributed by atoms with van der Waals surface area (Å²) in [5.74, 6) is 5.65. The third kappa shape index (κ3) is 5.19. The fraction of sp³-hybridized carbons (Fsp3) is 0.750. The molecule has 1 rings (SSSR count). The van der Waals surface area contributed by atoms with Crippen molar-refractivity contribution in [2.45, 2.75) is 32.4 Å². The first kappa shape index (κ1) is 16.6. The second kappa shape index (κ2) is 9.44. The third-order valence-corrected chi connectivity index (χ3v) is 3.39. The van der Waals surface area contributed by atoms with Gasteiger partial charge in [-0.3, -0.25) is 16.0 Å². The van der Waals surface area contributed by atoms with E-state index in [9.17, 15) is 0 Å². The average Bonchev–Trinajstić information content (AvgIpc) is 2.76. The summed E-state index contributed by atoms with van der Waals surface area (Å²) in [6.07, 6.45) is 3.62. The van der Waals surface area contributed by atoms with Crippen molar-refractivity contribution in [3.8, 4) is 0 Å². The van der Waals surface area contributed by atoms with Crippen LogP contribution in [0.4, 0.5) is 0 Å². The van der Waals surface area contributed by atoms with E-state index in [1.54, 1.807) is 13.3 Å². The Labute approximate surface area is 122 Å². The maximum atomic E-state index is 5.65. The quantitative estimate of drug-likeness (QED) is 0.386. The van der Waals surface area contributed by atoms with Gasteiger partial charge in [0.05, 0.1) is 35.6 Å². The van der Waals surface area contributed by atoms with Gasteiger partial charge >= 0.3 is 0 Å². The molecule has 0 saturated carbocycles. The molecule has 110 valence electrons. The standard InChI is InChI=1S/C12H23BrN4O2/c1-3-5-17-12(10(13)9-15-17)11(16-14)4-6-19-8-7-18-2/h9,11,16H,3-8,14H2,1-2H3. The average molecular weight is 335 g/mol. The predicted molar refractivity (Wildman–Crippen MR) is 77.6 cm³/mol. The van der Waals surface area contributed by atoms with Crippen LogP contribution >= 0.6 is 15.9 Å². The van der Waals surface area contributed by atoms with Gasteiger partial charge in [0.1, 0.15) is 0 Å². The number of hydrogen-bond donors (Lipinski definition) is 2. The molecule has 1 unspecified atom stereocenters. The highest BCUT2D eigenvalue weighted by Gasteiger charge is 2.18. The van der Waals surface area contributed by atoms with Crippen molar-refractivity contribution >= 4 is 15.9 Å². The summed E-state index contributed by atoms with van der Waals surface area (Å²) >= 11 is 3.52. The molecular formula is C12H23BrN4O2. The number of ether oxygens (including phenoxy) is 2. The van der Waals surface area contributed by atoms with Gasteiger partial charge in [0.25, 0.3) is 0 Å². The number of aryl methyl sites for hydroxylation is 1. The molecule has 1 aromatic rings. The molecule has 19 heavy (non-hydrogen) atoms. The molecule has 7 heteroatoms. The first-order chi connectivity index (χ1) is 9.24. The van der Waals surface area contributed by atoms with Crippen molar-refractivity contribution in [1.82, 2.24) is 15.2 Å². The molecule has 0 aliphatic heterocycles. The molecule has 0 aliphatic rings. The van der Waals surface area contributed by atoms with Crippen LogP contribution in [0.1, 0.15) is 31.5 Å². The number of methoxy groups -OCH3 is 1. The number of rotatable bonds is 10. The van der Waals surface area contributed by atoms with E-state index in [1.807, 2.05) is 4.68 Å². The Bertz CT molecular complexity index is 359. The Kier molecular flexibility index (Phi) is 8.24. The van der Waals surface area contributed by atoms with Crippen molar-refractivity contribution in [2.24, 2.45) is 5.84 Å². The number of nitrogens with two attached hydrogens (primary N) is 1. The van der Waals surface area contributed by atoms with E-state index in [0.717, 1.165) is 29.6 Å². The fourth-order valence-electron chi connectivity index (χ4n) is 1.85. The minimum absolute atomic E-state index is 0.0194. The third-order valence-electron chi connectivity index (χ3n) is 2.78. The smallest absolute Gasteiger partial charge is 0.0710 e. The molecule has 0 saturated heterocycles. The van der Waals surface area contributed by atoms with Gasteiger partial charge in [0.2, 0.25) is 0 Å². The maximum Gasteiger partial charge on any atom is 0.0710 e.